The number of rotatable bonds is 6. The average molecular weight is 474 g/mol. The highest BCUT2D eigenvalue weighted by Crippen LogP contribution is 2.36. The third-order valence-electron chi connectivity index (χ3n) is 5.31. The molecule has 0 radical (unpaired) electrons. The number of nitrogens with one attached hydrogen (secondary N) is 1. The van der Waals surface area contributed by atoms with Crippen LogP contribution in [0.3, 0.4) is 0 Å². The molecular weight excluding hydrogens is 450 g/mol. The van der Waals surface area contributed by atoms with E-state index in [2.05, 4.69) is 5.32 Å². The predicted octanol–water partition coefficient (Wildman–Crippen LogP) is 6.24. The summed E-state index contributed by atoms with van der Waals surface area (Å²) >= 11 is 5.90. The minimum Gasteiger partial charge on any atom is -0.407 e. The molecule has 3 aromatic carbocycles. The normalized spacial score (nSPS) is 10.7. The van der Waals surface area contributed by atoms with Gasteiger partial charge in [-0.3, -0.25) is 9.59 Å². The van der Waals surface area contributed by atoms with Gasteiger partial charge in [-0.2, -0.15) is 9.78 Å². The summed E-state index contributed by atoms with van der Waals surface area (Å²) in [6.45, 7) is 5.39. The number of hydrogen-bond donors (Lipinski definition) is 1. The van der Waals surface area contributed by atoms with Gasteiger partial charge in [-0.05, 0) is 67.4 Å². The van der Waals surface area contributed by atoms with Crippen LogP contribution in [0, 0.1) is 6.92 Å². The maximum Gasteiger partial charge on any atom is 0.309 e. The van der Waals surface area contributed by atoms with Crippen LogP contribution in [-0.4, -0.2) is 21.7 Å². The number of carbonyl (C=O) groups is 2. The highest BCUT2D eigenvalue weighted by molar-refractivity contribution is 6.30. The molecule has 1 amide bonds. The highest BCUT2D eigenvalue weighted by atomic mass is 35.5. The van der Waals surface area contributed by atoms with E-state index in [1.54, 1.807) is 28.9 Å². The summed E-state index contributed by atoms with van der Waals surface area (Å²) in [4.78, 5) is 24.5. The first kappa shape index (κ1) is 23.3. The van der Waals surface area contributed by atoms with Crippen LogP contribution in [0.1, 0.15) is 35.5 Å². The third kappa shape index (κ3) is 5.02. The lowest BCUT2D eigenvalue weighted by atomic mass is 10.0. The Morgan fingerprint density at radius 3 is 2.21 bits per heavy atom. The minimum absolute atomic E-state index is 0.230. The number of benzene rings is 3. The van der Waals surface area contributed by atoms with Crippen molar-refractivity contribution in [2.45, 2.75) is 27.2 Å². The number of hydrogen-bond acceptors (Lipinski definition) is 4. The number of aromatic nitrogens is 2. The Balaban J connectivity index is 1.69. The molecule has 1 N–H and O–H groups in total. The van der Waals surface area contributed by atoms with Crippen molar-refractivity contribution in [3.8, 4) is 22.7 Å². The molecule has 6 nitrogen and oxygen atoms in total. The molecule has 1 heterocycles. The first-order valence-corrected chi connectivity index (χ1v) is 11.3. The molecule has 0 atom stereocenters. The molecule has 0 fully saturated rings. The fourth-order valence-corrected chi connectivity index (χ4v) is 3.73. The Kier molecular flexibility index (Phi) is 6.80. The predicted molar refractivity (Wildman–Crippen MR) is 134 cm³/mol. The van der Waals surface area contributed by atoms with Gasteiger partial charge in [0.05, 0.1) is 16.9 Å². The van der Waals surface area contributed by atoms with E-state index >= 15 is 0 Å². The highest BCUT2D eigenvalue weighted by Gasteiger charge is 2.22. The molecular formula is C27H24ClN3O3. The van der Waals surface area contributed by atoms with Crippen molar-refractivity contribution in [3.05, 3.63) is 94.6 Å². The maximum atomic E-state index is 12.5. The van der Waals surface area contributed by atoms with Gasteiger partial charge in [0, 0.05) is 23.2 Å². The summed E-state index contributed by atoms with van der Waals surface area (Å²) in [6, 6.07) is 21.9. The second-order valence-electron chi connectivity index (χ2n) is 7.86. The number of carbonyl (C=O) groups excluding carboxylic acids is 2. The van der Waals surface area contributed by atoms with Crippen molar-refractivity contribution >= 4 is 29.2 Å². The Labute approximate surface area is 203 Å². The molecule has 4 aromatic rings. The number of esters is 1. The van der Waals surface area contributed by atoms with Crippen LogP contribution < -0.4 is 10.1 Å². The van der Waals surface area contributed by atoms with Crippen LogP contribution in [0.4, 0.5) is 5.69 Å². The van der Waals surface area contributed by atoms with E-state index in [4.69, 9.17) is 21.4 Å². The lowest BCUT2D eigenvalue weighted by molar-refractivity contribution is -0.132. The number of ether oxygens (including phenoxy) is 1. The molecule has 0 aliphatic carbocycles. The molecule has 34 heavy (non-hydrogen) atoms. The number of amides is 1. The second kappa shape index (κ2) is 9.93. The quantitative estimate of drug-likeness (QED) is 0.336. The zero-order valence-corrected chi connectivity index (χ0v) is 19.9. The Morgan fingerprint density at radius 1 is 0.971 bits per heavy atom. The molecule has 172 valence electrons. The molecule has 0 unspecified atom stereocenters. The van der Waals surface area contributed by atoms with Crippen molar-refractivity contribution in [2.75, 3.05) is 5.32 Å². The summed E-state index contributed by atoms with van der Waals surface area (Å²) in [5, 5.41) is 8.19. The molecule has 7 heteroatoms. The molecule has 0 aliphatic rings. The van der Waals surface area contributed by atoms with Gasteiger partial charge in [-0.15, -0.1) is 0 Å². The van der Waals surface area contributed by atoms with Crippen LogP contribution in [-0.2, 0) is 11.2 Å². The van der Waals surface area contributed by atoms with Gasteiger partial charge < -0.3 is 10.1 Å². The maximum absolute atomic E-state index is 12.5. The third-order valence-corrected chi connectivity index (χ3v) is 5.56. The standard InChI is InChI=1S/C27H24ClN3O3/c1-4-24-25(27(34-18(3)32)31(30-24)23-15-5-17(2)6-16-23)19-9-13-22(14-10-19)29-26(33)20-7-11-21(28)12-8-20/h5-16H,4H2,1-3H3,(H,29,33). The summed E-state index contributed by atoms with van der Waals surface area (Å²) in [5.74, 6) is -0.290. The Hall–Kier alpha value is -3.90. The fourth-order valence-electron chi connectivity index (χ4n) is 3.60. The first-order chi connectivity index (χ1) is 16.4. The topological polar surface area (TPSA) is 73.2 Å². The number of nitrogens with zero attached hydrogens (tertiary/aromatic N) is 2. The fraction of sp³-hybridized carbons (Fsp3) is 0.148. The van der Waals surface area contributed by atoms with E-state index in [9.17, 15) is 9.59 Å². The van der Waals surface area contributed by atoms with Crippen molar-refractivity contribution in [2.24, 2.45) is 0 Å². The van der Waals surface area contributed by atoms with E-state index in [1.165, 1.54) is 6.92 Å². The zero-order valence-electron chi connectivity index (χ0n) is 19.1. The summed E-state index contributed by atoms with van der Waals surface area (Å²) in [6.07, 6.45) is 0.650. The lowest BCUT2D eigenvalue weighted by Gasteiger charge is -2.10. The monoisotopic (exact) mass is 473 g/mol. The van der Waals surface area contributed by atoms with Crippen molar-refractivity contribution in [1.82, 2.24) is 9.78 Å². The molecule has 0 saturated heterocycles. The van der Waals surface area contributed by atoms with Gasteiger partial charge in [0.15, 0.2) is 0 Å². The van der Waals surface area contributed by atoms with E-state index in [-0.39, 0.29) is 5.91 Å². The summed E-state index contributed by atoms with van der Waals surface area (Å²) < 4.78 is 7.30. The number of halogens is 1. The molecule has 1 aromatic heterocycles. The summed E-state index contributed by atoms with van der Waals surface area (Å²) in [5.41, 5.74) is 5.45. The van der Waals surface area contributed by atoms with Crippen LogP contribution in [0.25, 0.3) is 16.8 Å². The van der Waals surface area contributed by atoms with Crippen molar-refractivity contribution in [1.29, 1.82) is 0 Å². The van der Waals surface area contributed by atoms with E-state index in [0.29, 0.717) is 28.6 Å². The van der Waals surface area contributed by atoms with Crippen LogP contribution in [0.2, 0.25) is 5.02 Å². The average Bonchev–Trinajstić information content (AvgIpc) is 3.18. The smallest absolute Gasteiger partial charge is 0.309 e. The van der Waals surface area contributed by atoms with Gasteiger partial charge in [-0.1, -0.05) is 48.4 Å². The molecule has 0 bridgehead atoms. The van der Waals surface area contributed by atoms with Crippen molar-refractivity contribution < 1.29 is 14.3 Å². The zero-order chi connectivity index (χ0) is 24.2. The number of anilines is 1. The lowest BCUT2D eigenvalue weighted by Crippen LogP contribution is -2.11. The molecule has 0 spiro atoms. The van der Waals surface area contributed by atoms with Gasteiger partial charge in [0.2, 0.25) is 5.88 Å². The Morgan fingerprint density at radius 2 is 1.62 bits per heavy atom. The van der Waals surface area contributed by atoms with E-state index in [1.807, 2.05) is 62.4 Å². The molecule has 0 saturated carbocycles. The largest absolute Gasteiger partial charge is 0.407 e. The minimum atomic E-state index is -0.427. The van der Waals surface area contributed by atoms with E-state index in [0.717, 1.165) is 28.1 Å². The number of aryl methyl sites for hydroxylation is 2. The van der Waals surface area contributed by atoms with Gasteiger partial charge in [-0.25, -0.2) is 0 Å². The second-order valence-corrected chi connectivity index (χ2v) is 8.30. The van der Waals surface area contributed by atoms with Crippen LogP contribution in [0.15, 0.2) is 72.8 Å². The van der Waals surface area contributed by atoms with Crippen LogP contribution in [0.5, 0.6) is 5.88 Å². The Bertz CT molecular complexity index is 1330. The SMILES string of the molecule is CCc1nn(-c2ccc(C)cc2)c(OC(C)=O)c1-c1ccc(NC(=O)c2ccc(Cl)cc2)cc1. The first-order valence-electron chi connectivity index (χ1n) is 10.9. The van der Waals surface area contributed by atoms with Crippen LogP contribution >= 0.6 is 11.6 Å². The van der Waals surface area contributed by atoms with Gasteiger partial charge in [0.1, 0.15) is 0 Å². The molecule has 4 rings (SSSR count). The van der Waals surface area contributed by atoms with Gasteiger partial charge >= 0.3 is 5.97 Å². The van der Waals surface area contributed by atoms with Gasteiger partial charge in [0.25, 0.3) is 5.91 Å². The molecule has 0 aliphatic heterocycles. The summed E-state index contributed by atoms with van der Waals surface area (Å²) in [7, 11) is 0. The van der Waals surface area contributed by atoms with Crippen molar-refractivity contribution in [3.63, 3.8) is 0 Å². The van der Waals surface area contributed by atoms with E-state index < -0.39 is 5.97 Å².